The zero-order valence-corrected chi connectivity index (χ0v) is 10.5. The average Bonchev–Trinajstić information content (AvgIpc) is 2.25. The number of hydrogen-bond acceptors (Lipinski definition) is 4. The molecule has 0 saturated heterocycles. The van der Waals surface area contributed by atoms with E-state index in [4.69, 9.17) is 17.2 Å². The third-order valence-electron chi connectivity index (χ3n) is 2.55. The topological polar surface area (TPSA) is 115 Å². The predicted molar refractivity (Wildman–Crippen MR) is 71.0 cm³/mol. The third kappa shape index (κ3) is 3.13. The maximum atomic E-state index is 11.4. The second kappa shape index (κ2) is 5.39. The molecule has 0 aliphatic rings. The van der Waals surface area contributed by atoms with Crippen LogP contribution >= 0.6 is 0 Å². The molecule has 0 saturated carbocycles. The molecule has 0 radical (unpaired) electrons. The molecule has 1 rings (SSSR count). The molecular weight excluding hydrogens is 232 g/mol. The number of carbonyl (C=O) groups is 2. The van der Waals surface area contributed by atoms with Gasteiger partial charge in [-0.15, -0.1) is 0 Å². The number of amides is 2. The Kier molecular flexibility index (Phi) is 4.14. The first kappa shape index (κ1) is 13.8. The molecule has 0 fully saturated rings. The van der Waals surface area contributed by atoms with Crippen molar-refractivity contribution >= 4 is 23.2 Å². The van der Waals surface area contributed by atoms with Gasteiger partial charge in [0.05, 0.1) is 17.8 Å². The van der Waals surface area contributed by atoms with E-state index in [0.29, 0.717) is 11.4 Å². The monoisotopic (exact) mass is 250 g/mol. The molecule has 0 unspecified atom stereocenters. The second-order valence-corrected chi connectivity index (χ2v) is 4.33. The summed E-state index contributed by atoms with van der Waals surface area (Å²) in [4.78, 5) is 24.2. The molecule has 0 spiro atoms. The van der Waals surface area contributed by atoms with E-state index < -0.39 is 11.8 Å². The summed E-state index contributed by atoms with van der Waals surface area (Å²) in [6, 6.07) is 4.81. The van der Waals surface area contributed by atoms with Crippen LogP contribution in [0.5, 0.6) is 0 Å². The molecule has 0 aromatic heterocycles. The minimum Gasteiger partial charge on any atom is -0.399 e. The van der Waals surface area contributed by atoms with Crippen molar-refractivity contribution in [1.29, 1.82) is 0 Å². The van der Waals surface area contributed by atoms with Gasteiger partial charge in [0.2, 0.25) is 5.91 Å². The number of carbonyl (C=O) groups excluding carboxylic acids is 2. The van der Waals surface area contributed by atoms with Gasteiger partial charge in [0.15, 0.2) is 0 Å². The van der Waals surface area contributed by atoms with Gasteiger partial charge >= 0.3 is 0 Å². The molecule has 0 aliphatic heterocycles. The van der Waals surface area contributed by atoms with Crippen molar-refractivity contribution in [3.8, 4) is 0 Å². The van der Waals surface area contributed by atoms with E-state index in [9.17, 15) is 9.59 Å². The molecule has 0 aliphatic carbocycles. The highest BCUT2D eigenvalue weighted by atomic mass is 16.1. The standard InChI is InChI=1S/C12H18N4O2/c1-7(2)16(6-11(14)17)10-4-3-8(13)5-9(10)12(15)18/h3-5,7H,6,13H2,1-2H3,(H2,14,17)(H2,15,18). The number of nitrogen functional groups attached to an aromatic ring is 1. The van der Waals surface area contributed by atoms with Gasteiger partial charge in [-0.05, 0) is 32.0 Å². The van der Waals surface area contributed by atoms with Crippen molar-refractivity contribution in [2.45, 2.75) is 19.9 Å². The Balaban J connectivity index is 3.27. The molecule has 0 heterocycles. The molecule has 0 bridgehead atoms. The first-order valence-electron chi connectivity index (χ1n) is 5.57. The first-order chi connectivity index (χ1) is 8.32. The summed E-state index contributed by atoms with van der Waals surface area (Å²) in [5.41, 5.74) is 17.4. The highest BCUT2D eigenvalue weighted by Gasteiger charge is 2.19. The molecule has 2 amide bonds. The highest BCUT2D eigenvalue weighted by Crippen LogP contribution is 2.24. The Labute approximate surface area is 106 Å². The number of rotatable bonds is 5. The van der Waals surface area contributed by atoms with Crippen LogP contribution < -0.4 is 22.1 Å². The summed E-state index contributed by atoms with van der Waals surface area (Å²) in [7, 11) is 0. The lowest BCUT2D eigenvalue weighted by Gasteiger charge is -2.29. The fraction of sp³-hybridized carbons (Fsp3) is 0.333. The number of primary amides is 2. The number of hydrogen-bond donors (Lipinski definition) is 3. The third-order valence-corrected chi connectivity index (χ3v) is 2.55. The van der Waals surface area contributed by atoms with Crippen molar-refractivity contribution in [3.63, 3.8) is 0 Å². The van der Waals surface area contributed by atoms with Crippen LogP contribution in [0.25, 0.3) is 0 Å². The van der Waals surface area contributed by atoms with Gasteiger partial charge in [-0.3, -0.25) is 9.59 Å². The van der Waals surface area contributed by atoms with Gasteiger partial charge < -0.3 is 22.1 Å². The minimum absolute atomic E-state index is 0.000718. The van der Waals surface area contributed by atoms with Gasteiger partial charge in [-0.2, -0.15) is 0 Å². The van der Waals surface area contributed by atoms with Crippen LogP contribution in [0, 0.1) is 0 Å². The first-order valence-corrected chi connectivity index (χ1v) is 5.57. The SMILES string of the molecule is CC(C)N(CC(N)=O)c1ccc(N)cc1C(N)=O. The molecule has 6 heteroatoms. The number of benzene rings is 1. The average molecular weight is 250 g/mol. The van der Waals surface area contributed by atoms with E-state index >= 15 is 0 Å². The molecule has 1 aromatic rings. The Morgan fingerprint density at radius 2 is 1.89 bits per heavy atom. The Hall–Kier alpha value is -2.24. The number of nitrogens with two attached hydrogens (primary N) is 3. The van der Waals surface area contributed by atoms with Crippen LogP contribution in [0.1, 0.15) is 24.2 Å². The van der Waals surface area contributed by atoms with Gasteiger partial charge in [-0.1, -0.05) is 0 Å². The van der Waals surface area contributed by atoms with Crippen molar-refractivity contribution in [2.75, 3.05) is 17.2 Å². The summed E-state index contributed by atoms with van der Waals surface area (Å²) in [6.45, 7) is 3.80. The smallest absolute Gasteiger partial charge is 0.250 e. The molecule has 6 N–H and O–H groups in total. The van der Waals surface area contributed by atoms with E-state index in [1.54, 1.807) is 17.0 Å². The van der Waals surface area contributed by atoms with Crippen molar-refractivity contribution < 1.29 is 9.59 Å². The maximum Gasteiger partial charge on any atom is 0.250 e. The number of nitrogens with zero attached hydrogens (tertiary/aromatic N) is 1. The van der Waals surface area contributed by atoms with E-state index in [1.165, 1.54) is 6.07 Å². The van der Waals surface area contributed by atoms with E-state index in [2.05, 4.69) is 0 Å². The zero-order valence-electron chi connectivity index (χ0n) is 10.5. The summed E-state index contributed by atoms with van der Waals surface area (Å²) < 4.78 is 0. The highest BCUT2D eigenvalue weighted by molar-refractivity contribution is 6.00. The lowest BCUT2D eigenvalue weighted by molar-refractivity contribution is -0.116. The molecule has 1 aromatic carbocycles. The van der Waals surface area contributed by atoms with E-state index in [0.717, 1.165) is 0 Å². The van der Waals surface area contributed by atoms with Gasteiger partial charge in [0, 0.05) is 11.7 Å². The fourth-order valence-electron chi connectivity index (χ4n) is 1.72. The quantitative estimate of drug-likeness (QED) is 0.641. The Bertz CT molecular complexity index is 471. The van der Waals surface area contributed by atoms with Gasteiger partial charge in [0.1, 0.15) is 0 Å². The Morgan fingerprint density at radius 1 is 1.28 bits per heavy atom. The largest absolute Gasteiger partial charge is 0.399 e. The van der Waals surface area contributed by atoms with Crippen LogP contribution in [0.3, 0.4) is 0 Å². The summed E-state index contributed by atoms with van der Waals surface area (Å²) in [5, 5.41) is 0. The summed E-state index contributed by atoms with van der Waals surface area (Å²) in [5.74, 6) is -1.07. The number of anilines is 2. The van der Waals surface area contributed by atoms with Gasteiger partial charge in [0.25, 0.3) is 5.91 Å². The fourth-order valence-corrected chi connectivity index (χ4v) is 1.72. The van der Waals surface area contributed by atoms with Crippen LogP contribution in [0.15, 0.2) is 18.2 Å². The lowest BCUT2D eigenvalue weighted by atomic mass is 10.1. The van der Waals surface area contributed by atoms with Crippen LogP contribution in [-0.2, 0) is 4.79 Å². The molecule has 0 atom stereocenters. The molecule has 98 valence electrons. The van der Waals surface area contributed by atoms with Crippen molar-refractivity contribution in [3.05, 3.63) is 23.8 Å². The van der Waals surface area contributed by atoms with Crippen LogP contribution in [0.4, 0.5) is 11.4 Å². The Morgan fingerprint density at radius 3 is 2.33 bits per heavy atom. The second-order valence-electron chi connectivity index (χ2n) is 4.33. The van der Waals surface area contributed by atoms with Crippen LogP contribution in [0.2, 0.25) is 0 Å². The van der Waals surface area contributed by atoms with Gasteiger partial charge in [-0.25, -0.2) is 0 Å². The maximum absolute atomic E-state index is 11.4. The minimum atomic E-state index is -0.590. The van der Waals surface area contributed by atoms with E-state index in [-0.39, 0.29) is 18.2 Å². The molecule has 18 heavy (non-hydrogen) atoms. The normalized spacial score (nSPS) is 10.4. The summed E-state index contributed by atoms with van der Waals surface area (Å²) >= 11 is 0. The zero-order chi connectivity index (χ0) is 13.9. The van der Waals surface area contributed by atoms with Crippen molar-refractivity contribution in [1.82, 2.24) is 0 Å². The van der Waals surface area contributed by atoms with Crippen LogP contribution in [-0.4, -0.2) is 24.4 Å². The van der Waals surface area contributed by atoms with E-state index in [1.807, 2.05) is 13.8 Å². The molecule has 6 nitrogen and oxygen atoms in total. The predicted octanol–water partition coefficient (Wildman–Crippen LogP) is 0.0678. The molecular formula is C12H18N4O2. The van der Waals surface area contributed by atoms with Crippen molar-refractivity contribution in [2.24, 2.45) is 11.5 Å². The summed E-state index contributed by atoms with van der Waals surface area (Å²) in [6.07, 6.45) is 0. The lowest BCUT2D eigenvalue weighted by Crippen LogP contribution is -2.39.